The van der Waals surface area contributed by atoms with Gasteiger partial charge in [-0.15, -0.1) is 6.58 Å². The maximum absolute atomic E-state index is 12.6. The van der Waals surface area contributed by atoms with E-state index >= 15 is 0 Å². The first-order chi connectivity index (χ1) is 9.63. The molecule has 0 saturated heterocycles. The van der Waals surface area contributed by atoms with Crippen LogP contribution in [0.1, 0.15) is 42.5 Å². The molecule has 0 heterocycles. The Hall–Kier alpha value is -1.67. The van der Waals surface area contributed by atoms with Gasteiger partial charge in [0.25, 0.3) is 0 Å². The van der Waals surface area contributed by atoms with E-state index in [-0.39, 0.29) is 11.2 Å². The number of allylic oxidation sites excluding steroid dienone is 2. The van der Waals surface area contributed by atoms with E-state index in [1.54, 1.807) is 0 Å². The zero-order chi connectivity index (χ0) is 14.2. The van der Waals surface area contributed by atoms with E-state index in [1.165, 1.54) is 0 Å². The van der Waals surface area contributed by atoms with Gasteiger partial charge in [-0.05, 0) is 32.1 Å². The molecule has 2 heteroatoms. The highest BCUT2D eigenvalue weighted by molar-refractivity contribution is 6.10. The van der Waals surface area contributed by atoms with Crippen LogP contribution in [0.4, 0.5) is 0 Å². The number of ketones is 1. The van der Waals surface area contributed by atoms with Crippen molar-refractivity contribution in [2.75, 3.05) is 0 Å². The molecule has 1 saturated carbocycles. The van der Waals surface area contributed by atoms with Gasteiger partial charge in [-0.25, -0.2) is 0 Å². The van der Waals surface area contributed by atoms with Crippen LogP contribution in [-0.2, 0) is 0 Å². The van der Waals surface area contributed by atoms with E-state index in [4.69, 9.17) is 0 Å². The summed E-state index contributed by atoms with van der Waals surface area (Å²) in [5.74, 6) is -0.0201. The second-order valence-corrected chi connectivity index (χ2v) is 5.99. The van der Waals surface area contributed by atoms with Crippen molar-refractivity contribution in [1.29, 1.82) is 0 Å². The van der Waals surface area contributed by atoms with Crippen LogP contribution in [0.3, 0.4) is 0 Å². The molecule has 0 spiro atoms. The molecule has 1 fully saturated rings. The third kappa shape index (κ3) is 1.71. The number of carbonyl (C=O) groups is 1. The molecule has 1 aromatic rings. The van der Waals surface area contributed by atoms with Crippen molar-refractivity contribution in [2.45, 2.75) is 37.7 Å². The summed E-state index contributed by atoms with van der Waals surface area (Å²) in [6, 6.07) is 9.24. The Labute approximate surface area is 119 Å². The Morgan fingerprint density at radius 1 is 1.30 bits per heavy atom. The molecule has 0 amide bonds. The fourth-order valence-electron chi connectivity index (χ4n) is 3.71. The van der Waals surface area contributed by atoms with Gasteiger partial charge in [0, 0.05) is 16.6 Å². The molecular formula is C18H20O2. The van der Waals surface area contributed by atoms with E-state index < -0.39 is 5.60 Å². The predicted octanol–water partition coefficient (Wildman–Crippen LogP) is 3.68. The molecule has 0 aromatic heterocycles. The van der Waals surface area contributed by atoms with Gasteiger partial charge in [-0.3, -0.25) is 4.79 Å². The molecule has 0 radical (unpaired) electrons. The highest BCUT2D eigenvalue weighted by Crippen LogP contribution is 2.63. The molecule has 2 atom stereocenters. The number of fused-ring (bicyclic) bond motifs is 1. The normalized spacial score (nSPS) is 31.1. The zero-order valence-corrected chi connectivity index (χ0v) is 11.6. The van der Waals surface area contributed by atoms with Crippen molar-refractivity contribution in [1.82, 2.24) is 0 Å². The maximum atomic E-state index is 12.6. The topological polar surface area (TPSA) is 37.3 Å². The van der Waals surface area contributed by atoms with Crippen molar-refractivity contribution in [3.63, 3.8) is 0 Å². The SMILES string of the molecule is C=CCC[C@]12CC=C(C(=O)c3ccccc3)[C@@]1(O)CC2. The van der Waals surface area contributed by atoms with Crippen LogP contribution in [0.5, 0.6) is 0 Å². The fraction of sp³-hybridized carbons (Fsp3) is 0.389. The summed E-state index contributed by atoms with van der Waals surface area (Å²) in [7, 11) is 0. The lowest BCUT2D eigenvalue weighted by Crippen LogP contribution is -2.56. The Morgan fingerprint density at radius 3 is 2.65 bits per heavy atom. The molecule has 1 aromatic carbocycles. The quantitative estimate of drug-likeness (QED) is 0.653. The number of hydrogen-bond acceptors (Lipinski definition) is 2. The summed E-state index contributed by atoms with van der Waals surface area (Å²) < 4.78 is 0. The number of hydrogen-bond donors (Lipinski definition) is 1. The third-order valence-corrected chi connectivity index (χ3v) is 5.09. The van der Waals surface area contributed by atoms with Gasteiger partial charge >= 0.3 is 0 Å². The highest BCUT2D eigenvalue weighted by Gasteiger charge is 2.62. The van der Waals surface area contributed by atoms with Crippen LogP contribution in [-0.4, -0.2) is 16.5 Å². The van der Waals surface area contributed by atoms with Gasteiger partial charge in [0.2, 0.25) is 0 Å². The monoisotopic (exact) mass is 268 g/mol. The van der Waals surface area contributed by atoms with E-state index in [1.807, 2.05) is 42.5 Å². The first-order valence-corrected chi connectivity index (χ1v) is 7.27. The van der Waals surface area contributed by atoms with Crippen LogP contribution in [0, 0.1) is 5.41 Å². The van der Waals surface area contributed by atoms with Crippen LogP contribution in [0.15, 0.2) is 54.6 Å². The standard InChI is InChI=1S/C18H20O2/c1-2-3-10-17-11-9-15(18(17,20)13-12-17)16(19)14-7-5-4-6-8-14/h2,4-9,20H,1,3,10-13H2/t17-,18+/m1/s1. The van der Waals surface area contributed by atoms with Gasteiger partial charge < -0.3 is 5.11 Å². The van der Waals surface area contributed by atoms with E-state index in [2.05, 4.69) is 6.58 Å². The number of aliphatic hydroxyl groups is 1. The summed E-state index contributed by atoms with van der Waals surface area (Å²) in [6.07, 6.45) is 8.17. The van der Waals surface area contributed by atoms with Crippen LogP contribution in [0.25, 0.3) is 0 Å². The van der Waals surface area contributed by atoms with Crippen molar-refractivity contribution in [3.8, 4) is 0 Å². The first kappa shape index (κ1) is 13.3. The average molecular weight is 268 g/mol. The summed E-state index contributed by atoms with van der Waals surface area (Å²) in [6.45, 7) is 3.76. The third-order valence-electron chi connectivity index (χ3n) is 5.09. The van der Waals surface area contributed by atoms with Crippen molar-refractivity contribution < 1.29 is 9.90 Å². The fourth-order valence-corrected chi connectivity index (χ4v) is 3.71. The molecule has 1 N–H and O–H groups in total. The minimum Gasteiger partial charge on any atom is -0.384 e. The van der Waals surface area contributed by atoms with Gasteiger partial charge in [-0.1, -0.05) is 42.5 Å². The summed E-state index contributed by atoms with van der Waals surface area (Å²) in [4.78, 5) is 12.6. The zero-order valence-electron chi connectivity index (χ0n) is 11.6. The molecule has 0 aliphatic heterocycles. The number of Topliss-reactive ketones (excluding diaryl/α,β-unsaturated/α-hetero) is 1. The molecular weight excluding hydrogens is 248 g/mol. The Morgan fingerprint density at radius 2 is 2.05 bits per heavy atom. The molecule has 20 heavy (non-hydrogen) atoms. The second-order valence-electron chi connectivity index (χ2n) is 5.99. The highest BCUT2D eigenvalue weighted by atomic mass is 16.3. The van der Waals surface area contributed by atoms with E-state index in [0.717, 1.165) is 25.7 Å². The average Bonchev–Trinajstić information content (AvgIpc) is 2.67. The predicted molar refractivity (Wildman–Crippen MR) is 79.5 cm³/mol. The van der Waals surface area contributed by atoms with Crippen LogP contribution < -0.4 is 0 Å². The van der Waals surface area contributed by atoms with Gasteiger partial charge in [0.05, 0.1) is 5.60 Å². The molecule has 2 aliphatic carbocycles. The molecule has 2 nitrogen and oxygen atoms in total. The molecule has 0 bridgehead atoms. The van der Waals surface area contributed by atoms with Gasteiger partial charge in [0.15, 0.2) is 5.78 Å². The van der Waals surface area contributed by atoms with Gasteiger partial charge in [-0.2, -0.15) is 0 Å². The summed E-state index contributed by atoms with van der Waals surface area (Å²) in [5.41, 5.74) is 0.238. The Balaban J connectivity index is 1.86. The summed E-state index contributed by atoms with van der Waals surface area (Å²) >= 11 is 0. The Bertz CT molecular complexity index is 572. The van der Waals surface area contributed by atoms with Crippen molar-refractivity contribution >= 4 is 5.78 Å². The number of rotatable bonds is 5. The first-order valence-electron chi connectivity index (χ1n) is 7.27. The number of carbonyl (C=O) groups excluding carboxylic acids is 1. The van der Waals surface area contributed by atoms with Gasteiger partial charge in [0.1, 0.15) is 0 Å². The summed E-state index contributed by atoms with van der Waals surface area (Å²) in [5, 5.41) is 11.0. The minimum absolute atomic E-state index is 0.0201. The lowest BCUT2D eigenvalue weighted by atomic mass is 9.54. The lowest BCUT2D eigenvalue weighted by molar-refractivity contribution is -0.128. The van der Waals surface area contributed by atoms with Crippen molar-refractivity contribution in [2.24, 2.45) is 5.41 Å². The van der Waals surface area contributed by atoms with E-state index in [9.17, 15) is 9.90 Å². The smallest absolute Gasteiger partial charge is 0.191 e. The molecule has 0 unspecified atom stereocenters. The minimum atomic E-state index is -0.914. The van der Waals surface area contributed by atoms with Crippen molar-refractivity contribution in [3.05, 3.63) is 60.2 Å². The largest absolute Gasteiger partial charge is 0.384 e. The maximum Gasteiger partial charge on any atom is 0.191 e. The molecule has 2 aliphatic rings. The number of benzene rings is 1. The van der Waals surface area contributed by atoms with E-state index in [0.29, 0.717) is 17.6 Å². The van der Waals surface area contributed by atoms with Crippen LogP contribution in [0.2, 0.25) is 0 Å². The molecule has 104 valence electrons. The van der Waals surface area contributed by atoms with Crippen LogP contribution >= 0.6 is 0 Å². The lowest BCUT2D eigenvalue weighted by Gasteiger charge is -2.53. The molecule has 3 rings (SSSR count). The Kier molecular flexibility index (Phi) is 3.14. The second kappa shape index (κ2) is 4.71.